The monoisotopic (exact) mass is 499 g/mol. The van der Waals surface area contributed by atoms with Gasteiger partial charge in [0.15, 0.2) is 0 Å². The Morgan fingerprint density at radius 2 is 1.21 bits per heavy atom. The van der Waals surface area contributed by atoms with Gasteiger partial charge in [-0.15, -0.1) is 0 Å². The molecular weight excluding hydrogens is 482 g/mol. The van der Waals surface area contributed by atoms with Crippen molar-refractivity contribution in [1.29, 1.82) is 0 Å². The standard InChI is InChI=1S/C15H17Br2NTe/c1-12-4-8-14(9-5-12)19(16,17)15-10-6-13(7-11-15)18(2)3/h4-11H,1-3H3. The van der Waals surface area contributed by atoms with Gasteiger partial charge >= 0.3 is 132 Å². The molecule has 0 heterocycles. The van der Waals surface area contributed by atoms with Gasteiger partial charge in [-0.1, -0.05) is 0 Å². The Bertz CT molecular complexity index is 547. The minimum atomic E-state index is -2.52. The molecule has 0 aliphatic carbocycles. The van der Waals surface area contributed by atoms with Gasteiger partial charge in [0.25, 0.3) is 0 Å². The first kappa shape index (κ1) is 15.4. The molecule has 0 aliphatic rings. The normalized spacial score (nSPS) is 12.3. The zero-order chi connectivity index (χ0) is 14.0. The van der Waals surface area contributed by atoms with Gasteiger partial charge in [0, 0.05) is 0 Å². The third-order valence-electron chi connectivity index (χ3n) is 2.97. The SMILES string of the molecule is Cc1ccc([Te](Br)(Br)c2ccc(N(C)C)cc2)cc1. The summed E-state index contributed by atoms with van der Waals surface area (Å²) in [6.07, 6.45) is 0. The average Bonchev–Trinajstić information content (AvgIpc) is 2.39. The van der Waals surface area contributed by atoms with Gasteiger partial charge in [0.05, 0.1) is 0 Å². The third kappa shape index (κ3) is 3.55. The molecule has 2 aromatic carbocycles. The molecule has 19 heavy (non-hydrogen) atoms. The number of rotatable bonds is 3. The first-order valence-corrected chi connectivity index (χ1v) is 18.8. The fourth-order valence-electron chi connectivity index (χ4n) is 1.76. The van der Waals surface area contributed by atoms with Crippen molar-refractivity contribution in [3.05, 3.63) is 54.1 Å². The molecule has 102 valence electrons. The van der Waals surface area contributed by atoms with E-state index >= 15 is 0 Å². The number of benzene rings is 2. The molecule has 0 saturated heterocycles. The van der Waals surface area contributed by atoms with Gasteiger partial charge in [-0.3, -0.25) is 0 Å². The van der Waals surface area contributed by atoms with Crippen LogP contribution >= 0.6 is 25.5 Å². The van der Waals surface area contributed by atoms with Crippen LogP contribution in [0.2, 0.25) is 0 Å². The molecule has 0 spiro atoms. The van der Waals surface area contributed by atoms with E-state index in [1.54, 1.807) is 0 Å². The first-order valence-electron chi connectivity index (χ1n) is 5.98. The Hall–Kier alpha value is -0.0104. The molecule has 0 N–H and O–H groups in total. The second-order valence-electron chi connectivity index (χ2n) is 4.67. The predicted molar refractivity (Wildman–Crippen MR) is 94.8 cm³/mol. The second kappa shape index (κ2) is 6.18. The van der Waals surface area contributed by atoms with Crippen LogP contribution in [0.1, 0.15) is 5.56 Å². The summed E-state index contributed by atoms with van der Waals surface area (Å²) in [5, 5.41) is 0. The van der Waals surface area contributed by atoms with E-state index in [0.717, 1.165) is 0 Å². The number of hydrogen-bond acceptors (Lipinski definition) is 1. The van der Waals surface area contributed by atoms with E-state index in [1.165, 1.54) is 18.5 Å². The van der Waals surface area contributed by atoms with Gasteiger partial charge in [-0.25, -0.2) is 0 Å². The van der Waals surface area contributed by atoms with Crippen LogP contribution in [0.15, 0.2) is 48.5 Å². The molecule has 0 aromatic heterocycles. The van der Waals surface area contributed by atoms with Crippen molar-refractivity contribution in [1.82, 2.24) is 0 Å². The minimum absolute atomic E-state index is 1.23. The molecular formula is C15H17Br2NTe. The number of halogens is 2. The van der Waals surface area contributed by atoms with Gasteiger partial charge in [-0.05, 0) is 0 Å². The number of nitrogens with zero attached hydrogens (tertiary/aromatic N) is 1. The summed E-state index contributed by atoms with van der Waals surface area (Å²) < 4.78 is 2.75. The van der Waals surface area contributed by atoms with Crippen LogP contribution in [0.4, 0.5) is 5.69 Å². The van der Waals surface area contributed by atoms with Crippen LogP contribution < -0.4 is 12.1 Å². The van der Waals surface area contributed by atoms with E-state index in [2.05, 4.69) is 100.0 Å². The summed E-state index contributed by atoms with van der Waals surface area (Å²) in [5.74, 6) is 0. The van der Waals surface area contributed by atoms with Crippen molar-refractivity contribution < 1.29 is 0 Å². The molecule has 2 rings (SSSR count). The Morgan fingerprint density at radius 1 is 0.789 bits per heavy atom. The molecule has 0 saturated carbocycles. The fraction of sp³-hybridized carbons (Fsp3) is 0.200. The average molecular weight is 499 g/mol. The summed E-state index contributed by atoms with van der Waals surface area (Å²) in [6.45, 7) is 2.12. The summed E-state index contributed by atoms with van der Waals surface area (Å²) in [6, 6.07) is 17.6. The van der Waals surface area contributed by atoms with Crippen LogP contribution in [0.25, 0.3) is 0 Å². The number of anilines is 1. The van der Waals surface area contributed by atoms with Crippen molar-refractivity contribution in [3.8, 4) is 0 Å². The van der Waals surface area contributed by atoms with Gasteiger partial charge in [0.2, 0.25) is 0 Å². The fourth-order valence-corrected chi connectivity index (χ4v) is 11.1. The van der Waals surface area contributed by atoms with Crippen molar-refractivity contribution in [2.24, 2.45) is 0 Å². The van der Waals surface area contributed by atoms with Crippen LogP contribution in [-0.2, 0) is 0 Å². The Morgan fingerprint density at radius 3 is 1.63 bits per heavy atom. The topological polar surface area (TPSA) is 3.24 Å². The molecule has 4 heteroatoms. The molecule has 0 aliphatic heterocycles. The van der Waals surface area contributed by atoms with Crippen LogP contribution in [0.3, 0.4) is 0 Å². The maximum atomic E-state index is 3.98. The molecule has 0 amide bonds. The van der Waals surface area contributed by atoms with Crippen LogP contribution in [0, 0.1) is 6.92 Å². The third-order valence-corrected chi connectivity index (χ3v) is 17.9. The molecule has 0 atom stereocenters. The van der Waals surface area contributed by atoms with Crippen molar-refractivity contribution in [2.45, 2.75) is 6.92 Å². The predicted octanol–water partition coefficient (Wildman–Crippen LogP) is 3.41. The van der Waals surface area contributed by atoms with Crippen molar-refractivity contribution >= 4 is 52.2 Å². The van der Waals surface area contributed by atoms with Gasteiger partial charge in [-0.2, -0.15) is 0 Å². The van der Waals surface area contributed by atoms with Crippen molar-refractivity contribution in [3.63, 3.8) is 0 Å². The van der Waals surface area contributed by atoms with E-state index in [9.17, 15) is 0 Å². The summed E-state index contributed by atoms with van der Waals surface area (Å²) in [5.41, 5.74) is 2.52. The summed E-state index contributed by atoms with van der Waals surface area (Å²) >= 11 is 5.44. The molecule has 2 aromatic rings. The van der Waals surface area contributed by atoms with Crippen LogP contribution in [-0.4, -0.2) is 27.9 Å². The number of aryl methyl sites for hydroxylation is 1. The quantitative estimate of drug-likeness (QED) is 0.587. The molecule has 0 unspecified atom stereocenters. The van der Waals surface area contributed by atoms with E-state index < -0.39 is 13.8 Å². The second-order valence-corrected chi connectivity index (χ2v) is 28.9. The molecule has 0 fully saturated rings. The Balaban J connectivity index is 2.35. The zero-order valence-electron chi connectivity index (χ0n) is 11.2. The first-order chi connectivity index (χ1) is 8.91. The number of hydrogen-bond donors (Lipinski definition) is 0. The molecule has 0 radical (unpaired) electrons. The summed E-state index contributed by atoms with van der Waals surface area (Å²) in [4.78, 5) is 2.12. The van der Waals surface area contributed by atoms with E-state index in [-0.39, 0.29) is 0 Å². The van der Waals surface area contributed by atoms with E-state index in [4.69, 9.17) is 0 Å². The van der Waals surface area contributed by atoms with Crippen LogP contribution in [0.5, 0.6) is 0 Å². The van der Waals surface area contributed by atoms with Gasteiger partial charge < -0.3 is 0 Å². The molecule has 0 bridgehead atoms. The van der Waals surface area contributed by atoms with E-state index in [0.29, 0.717) is 0 Å². The zero-order valence-corrected chi connectivity index (χ0v) is 16.7. The molecule has 1 nitrogen and oxygen atoms in total. The Kier molecular flexibility index (Phi) is 5.00. The Labute approximate surface area is 131 Å². The summed E-state index contributed by atoms with van der Waals surface area (Å²) in [7, 11) is 4.12. The van der Waals surface area contributed by atoms with Gasteiger partial charge in [0.1, 0.15) is 0 Å². The maximum absolute atomic E-state index is 3.98. The van der Waals surface area contributed by atoms with Crippen molar-refractivity contribution in [2.75, 3.05) is 19.0 Å². The van der Waals surface area contributed by atoms with E-state index in [1.807, 2.05) is 0 Å².